The first-order chi connectivity index (χ1) is 37.0. The Labute approximate surface area is 455 Å². The number of rotatable bonds is 16. The van der Waals surface area contributed by atoms with Gasteiger partial charge in [0, 0.05) is 54.0 Å². The summed E-state index contributed by atoms with van der Waals surface area (Å²) in [4.78, 5) is 62.1. The van der Waals surface area contributed by atoms with Crippen molar-refractivity contribution in [3.8, 4) is 33.4 Å². The van der Waals surface area contributed by atoms with Crippen molar-refractivity contribution >= 4 is 64.0 Å². The van der Waals surface area contributed by atoms with Crippen molar-refractivity contribution in [1.29, 1.82) is 0 Å². The molecule has 0 heterocycles. The van der Waals surface area contributed by atoms with Crippen molar-refractivity contribution in [2.45, 2.75) is 55.5 Å². The number of benzene rings is 6. The summed E-state index contributed by atoms with van der Waals surface area (Å²) in [6.45, 7) is 1.44. The van der Waals surface area contributed by atoms with E-state index in [1.807, 2.05) is 84.9 Å². The van der Waals surface area contributed by atoms with Gasteiger partial charge in [-0.05, 0) is 92.4 Å². The molecule has 3 aliphatic rings. The van der Waals surface area contributed by atoms with E-state index in [0.717, 1.165) is 22.3 Å². The second-order valence-electron chi connectivity index (χ2n) is 17.7. The number of carbonyl (C=O) groups excluding carboxylic acids is 3. The van der Waals surface area contributed by atoms with Gasteiger partial charge in [-0.2, -0.15) is 0 Å². The van der Waals surface area contributed by atoms with Gasteiger partial charge in [0.1, 0.15) is 31.9 Å². The molecule has 0 aromatic heterocycles. The smallest absolute Gasteiger partial charge is 0.413 e. The van der Waals surface area contributed by atoms with Crippen LogP contribution in [0.4, 0.5) is 14.4 Å². The second-order valence-corrected chi connectivity index (χ2v) is 18.4. The van der Waals surface area contributed by atoms with Gasteiger partial charge in [0.05, 0.1) is 0 Å². The zero-order valence-electron chi connectivity index (χ0n) is 41.8. The van der Waals surface area contributed by atoms with E-state index in [4.69, 9.17) is 76.3 Å². The lowest BCUT2D eigenvalue weighted by atomic mass is 9.98. The molecule has 9 rings (SSSR count). The fraction of sp³-hybridized carbons (Fsp3) is 0.246. The summed E-state index contributed by atoms with van der Waals surface area (Å²) in [6, 6.07) is 47.1. The van der Waals surface area contributed by atoms with E-state index in [0.29, 0.717) is 25.8 Å². The quantitative estimate of drug-likeness (QED) is 0.0148. The number of nitrogens with zero attached hydrogens (tertiary/aromatic N) is 2. The maximum absolute atomic E-state index is 12.1. The first-order valence-corrected chi connectivity index (χ1v) is 25.3. The molecule has 13 N–H and O–H groups in total. The summed E-state index contributed by atoms with van der Waals surface area (Å²) >= 11 is 10.5. The molecule has 0 spiro atoms. The van der Waals surface area contributed by atoms with Crippen LogP contribution >= 0.6 is 23.2 Å². The highest BCUT2D eigenvalue weighted by molar-refractivity contribution is 6.61. The normalized spacial score (nSPS) is 13.2. The molecular weight excluding hydrogens is 1030 g/mol. The number of halogens is 2. The number of aliphatic carboxylic acids is 2. The molecule has 402 valence electrons. The molecule has 0 bridgehead atoms. The standard InChI is InChI=1S/C21H24N4O4.2C15H11ClO2.C6H14N4O2/c22-18(19(26)27)10-5-11-24-20(23)25-21(28)29-12-17-15-8-3-1-6-13(15)14-7-2-4-9-16(14)17;2*16-15(17)18-9-14-12-7-3-1-5-10(12)11-6-2-4-8-13(11)14;7-4(5(11)12)2-1-3-10-6(8)9/h1-4,6-9,17-18H,5,10-12,22H2,(H,26,27)(H3,23,24,25,28);2*1-8,14H,9H2;4H,1-3,7H2,(H,11,12)(H4,8,9,10). The van der Waals surface area contributed by atoms with E-state index in [2.05, 4.69) is 76.0 Å². The van der Waals surface area contributed by atoms with Gasteiger partial charge in [0.15, 0.2) is 11.9 Å². The summed E-state index contributed by atoms with van der Waals surface area (Å²) in [6.07, 6.45) is 0.991. The average Bonchev–Trinajstić information content (AvgIpc) is 4.16. The Morgan fingerprint density at radius 3 is 1.01 bits per heavy atom. The Hall–Kier alpha value is -8.29. The highest BCUT2D eigenvalue weighted by atomic mass is 35.5. The number of fused-ring (bicyclic) bond motifs is 9. The number of carbonyl (C=O) groups is 5. The highest BCUT2D eigenvalue weighted by Crippen LogP contribution is 2.47. The fourth-order valence-corrected chi connectivity index (χ4v) is 9.36. The Morgan fingerprint density at radius 1 is 0.468 bits per heavy atom. The van der Waals surface area contributed by atoms with Gasteiger partial charge in [0.2, 0.25) is 0 Å². The molecule has 2 atom stereocenters. The van der Waals surface area contributed by atoms with Crippen LogP contribution in [0.5, 0.6) is 0 Å². The summed E-state index contributed by atoms with van der Waals surface area (Å²) in [7, 11) is 0. The molecule has 1 amide bonds. The maximum atomic E-state index is 12.1. The third-order valence-corrected chi connectivity index (χ3v) is 13.0. The molecule has 6 aromatic carbocycles. The second kappa shape index (κ2) is 28.6. The van der Waals surface area contributed by atoms with E-state index in [-0.39, 0.29) is 62.5 Å². The molecule has 3 aliphatic carbocycles. The van der Waals surface area contributed by atoms with E-state index < -0.39 is 41.0 Å². The lowest BCUT2D eigenvalue weighted by Crippen LogP contribution is -2.38. The molecule has 77 heavy (non-hydrogen) atoms. The van der Waals surface area contributed by atoms with Gasteiger partial charge in [-0.25, -0.2) is 14.4 Å². The number of ether oxygens (including phenoxy) is 3. The van der Waals surface area contributed by atoms with Gasteiger partial charge in [-0.3, -0.25) is 24.9 Å². The number of nitrogens with two attached hydrogens (primary N) is 5. The molecule has 0 aliphatic heterocycles. The van der Waals surface area contributed by atoms with E-state index in [9.17, 15) is 24.0 Å². The Balaban J connectivity index is 0.000000175. The summed E-state index contributed by atoms with van der Waals surface area (Å²) in [5.74, 6) is -1.99. The summed E-state index contributed by atoms with van der Waals surface area (Å²) in [5.41, 5.74) is 39.1. The van der Waals surface area contributed by atoms with Gasteiger partial charge >= 0.3 is 28.9 Å². The number of carboxylic acid groups (broad SMARTS) is 2. The predicted octanol–water partition coefficient (Wildman–Crippen LogP) is 8.83. The minimum absolute atomic E-state index is 0.0129. The lowest BCUT2D eigenvalue weighted by Gasteiger charge is -2.14. The number of hydrogen-bond donors (Lipinski definition) is 8. The van der Waals surface area contributed by atoms with Crippen LogP contribution in [0.2, 0.25) is 0 Å². The molecule has 0 saturated carbocycles. The predicted molar refractivity (Wildman–Crippen MR) is 297 cm³/mol. The van der Waals surface area contributed by atoms with E-state index >= 15 is 0 Å². The third kappa shape index (κ3) is 16.1. The van der Waals surface area contributed by atoms with Crippen LogP contribution < -0.4 is 34.0 Å². The van der Waals surface area contributed by atoms with E-state index in [1.54, 1.807) is 0 Å². The molecule has 0 radical (unpaired) electrons. The average molecular weight is 1090 g/mol. The molecule has 6 aromatic rings. The number of carboxylic acids is 2. The number of guanidine groups is 2. The Bertz CT molecular complexity index is 2850. The number of alkyl carbamates (subject to hydrolysis) is 1. The molecule has 18 nitrogen and oxygen atoms in total. The summed E-state index contributed by atoms with van der Waals surface area (Å²) < 4.78 is 15.3. The minimum Gasteiger partial charge on any atom is -0.480 e. The maximum Gasteiger partial charge on any atom is 0.413 e. The Kier molecular flexibility index (Phi) is 21.5. The first-order valence-electron chi connectivity index (χ1n) is 24.5. The van der Waals surface area contributed by atoms with Crippen molar-refractivity contribution in [2.75, 3.05) is 32.9 Å². The number of amides is 1. The van der Waals surface area contributed by atoms with Crippen LogP contribution in [-0.2, 0) is 23.8 Å². The third-order valence-electron chi connectivity index (χ3n) is 12.8. The largest absolute Gasteiger partial charge is 0.480 e. The van der Waals surface area contributed by atoms with Crippen LogP contribution in [-0.4, -0.2) is 96.0 Å². The van der Waals surface area contributed by atoms with Gasteiger partial charge < -0.3 is 53.1 Å². The molecule has 20 heteroatoms. The van der Waals surface area contributed by atoms with Crippen LogP contribution in [0.1, 0.15) is 76.8 Å². The minimum atomic E-state index is -1.06. The fourth-order valence-electron chi connectivity index (χ4n) is 9.23. The molecular formula is C57H60Cl2N8O10. The van der Waals surface area contributed by atoms with Crippen molar-refractivity contribution < 1.29 is 48.4 Å². The molecule has 0 fully saturated rings. The van der Waals surface area contributed by atoms with Gasteiger partial charge in [-0.15, -0.1) is 0 Å². The van der Waals surface area contributed by atoms with Crippen molar-refractivity contribution in [3.63, 3.8) is 0 Å². The SMILES string of the molecule is NC(=NCCCC(N)C(=O)O)NC(=O)OCC1c2ccccc2-c2ccccc21.NC(N)=NCCCC(N)C(=O)O.O=C(Cl)OCC1c2ccccc2-c2ccccc21.O=C(Cl)OCC1c2ccccc2-c2ccccc21. The van der Waals surface area contributed by atoms with Crippen LogP contribution in [0.25, 0.3) is 33.4 Å². The molecule has 2 unspecified atom stereocenters. The van der Waals surface area contributed by atoms with Crippen molar-refractivity contribution in [2.24, 2.45) is 38.7 Å². The van der Waals surface area contributed by atoms with Crippen LogP contribution in [0, 0.1) is 0 Å². The van der Waals surface area contributed by atoms with E-state index in [1.165, 1.54) is 44.5 Å². The van der Waals surface area contributed by atoms with Crippen LogP contribution in [0.15, 0.2) is 156 Å². The highest BCUT2D eigenvalue weighted by Gasteiger charge is 2.31. The zero-order chi connectivity index (χ0) is 55.4. The first kappa shape index (κ1) is 58.0. The molecule has 0 saturated heterocycles. The van der Waals surface area contributed by atoms with Crippen molar-refractivity contribution in [1.82, 2.24) is 5.32 Å². The monoisotopic (exact) mass is 1090 g/mol. The summed E-state index contributed by atoms with van der Waals surface area (Å²) in [5, 5.41) is 19.5. The lowest BCUT2D eigenvalue weighted by molar-refractivity contribution is -0.139. The van der Waals surface area contributed by atoms with Crippen molar-refractivity contribution in [3.05, 3.63) is 179 Å². The topological polar surface area (TPSA) is 320 Å². The Morgan fingerprint density at radius 2 is 0.740 bits per heavy atom. The van der Waals surface area contributed by atoms with Crippen LogP contribution in [0.3, 0.4) is 0 Å². The number of aliphatic imine (C=N–C) groups is 2. The number of nitrogens with one attached hydrogen (secondary N) is 1. The van der Waals surface area contributed by atoms with Gasteiger partial charge in [-0.1, -0.05) is 146 Å². The number of hydrogen-bond acceptors (Lipinski definition) is 12. The van der Waals surface area contributed by atoms with Gasteiger partial charge in [0.25, 0.3) is 0 Å². The zero-order valence-corrected chi connectivity index (χ0v) is 43.3.